The molecule has 0 spiro atoms. The lowest BCUT2D eigenvalue weighted by molar-refractivity contribution is 0.151. The Bertz CT molecular complexity index is 600. The van der Waals surface area contributed by atoms with Crippen LogP contribution in [0.3, 0.4) is 0 Å². The number of nitrogens with zero attached hydrogens (tertiary/aromatic N) is 2. The lowest BCUT2D eigenvalue weighted by atomic mass is 10.1. The van der Waals surface area contributed by atoms with Crippen molar-refractivity contribution in [3.8, 4) is 11.4 Å². The molecule has 0 atom stereocenters. The fourth-order valence-electron chi connectivity index (χ4n) is 1.67. The summed E-state index contributed by atoms with van der Waals surface area (Å²) in [6, 6.07) is 5.73. The molecule has 0 aliphatic carbocycles. The van der Waals surface area contributed by atoms with Crippen LogP contribution in [0, 0.1) is 12.7 Å². The second-order valence-electron chi connectivity index (χ2n) is 3.97. The van der Waals surface area contributed by atoms with E-state index < -0.39 is 12.2 Å². The standard InChI is InChI=1S/C13H12F3N3/c1-7-10(14)13(17-2)19-12(18-7)9-5-3-4-8(6-9)11(15)16/h3-6,11H,1-2H3,(H,17,18,19). The van der Waals surface area contributed by atoms with E-state index in [1.54, 1.807) is 6.07 Å². The van der Waals surface area contributed by atoms with Crippen LogP contribution in [0.25, 0.3) is 11.4 Å². The SMILES string of the molecule is CNc1nc(-c2cccc(C(F)F)c2)nc(C)c1F. The molecule has 0 radical (unpaired) electrons. The van der Waals surface area contributed by atoms with E-state index in [-0.39, 0.29) is 22.9 Å². The molecule has 1 heterocycles. The van der Waals surface area contributed by atoms with Crippen LogP contribution in [0.4, 0.5) is 19.0 Å². The Balaban J connectivity index is 2.53. The molecule has 1 N–H and O–H groups in total. The number of aryl methyl sites for hydroxylation is 1. The summed E-state index contributed by atoms with van der Waals surface area (Å²) >= 11 is 0. The molecule has 0 saturated heterocycles. The van der Waals surface area contributed by atoms with Gasteiger partial charge in [-0.1, -0.05) is 18.2 Å². The van der Waals surface area contributed by atoms with Crippen molar-refractivity contribution in [2.45, 2.75) is 13.3 Å². The maximum atomic E-state index is 13.6. The van der Waals surface area contributed by atoms with Crippen LogP contribution in [0.2, 0.25) is 0 Å². The Morgan fingerprint density at radius 1 is 1.21 bits per heavy atom. The van der Waals surface area contributed by atoms with Crippen molar-refractivity contribution in [2.24, 2.45) is 0 Å². The highest BCUT2D eigenvalue weighted by Gasteiger charge is 2.13. The lowest BCUT2D eigenvalue weighted by Gasteiger charge is -2.08. The minimum atomic E-state index is -2.56. The Kier molecular flexibility index (Phi) is 3.69. The highest BCUT2D eigenvalue weighted by molar-refractivity contribution is 5.59. The summed E-state index contributed by atoms with van der Waals surface area (Å²) in [6.45, 7) is 1.50. The maximum absolute atomic E-state index is 13.6. The molecule has 0 aliphatic heterocycles. The third-order valence-corrected chi connectivity index (χ3v) is 2.65. The molecule has 2 rings (SSSR count). The van der Waals surface area contributed by atoms with Crippen LogP contribution in [0.5, 0.6) is 0 Å². The summed E-state index contributed by atoms with van der Waals surface area (Å²) < 4.78 is 38.9. The number of benzene rings is 1. The molecule has 100 valence electrons. The van der Waals surface area contributed by atoms with Crippen LogP contribution < -0.4 is 5.32 Å². The van der Waals surface area contributed by atoms with Crippen molar-refractivity contribution in [3.63, 3.8) is 0 Å². The van der Waals surface area contributed by atoms with Crippen molar-refractivity contribution in [1.29, 1.82) is 0 Å². The van der Waals surface area contributed by atoms with Gasteiger partial charge >= 0.3 is 0 Å². The number of rotatable bonds is 3. The zero-order chi connectivity index (χ0) is 14.0. The quantitative estimate of drug-likeness (QED) is 0.923. The van der Waals surface area contributed by atoms with E-state index in [0.717, 1.165) is 0 Å². The molecule has 6 heteroatoms. The molecule has 1 aromatic heterocycles. The fourth-order valence-corrected chi connectivity index (χ4v) is 1.67. The highest BCUT2D eigenvalue weighted by Crippen LogP contribution is 2.25. The van der Waals surface area contributed by atoms with Crippen LogP contribution in [0.15, 0.2) is 24.3 Å². The van der Waals surface area contributed by atoms with E-state index in [2.05, 4.69) is 15.3 Å². The largest absolute Gasteiger partial charge is 0.371 e. The number of anilines is 1. The molecule has 0 fully saturated rings. The van der Waals surface area contributed by atoms with Crippen molar-refractivity contribution < 1.29 is 13.2 Å². The van der Waals surface area contributed by atoms with Gasteiger partial charge in [-0.2, -0.15) is 0 Å². The summed E-state index contributed by atoms with van der Waals surface area (Å²) in [5, 5.41) is 2.61. The van der Waals surface area contributed by atoms with Crippen molar-refractivity contribution >= 4 is 5.82 Å². The number of hydrogen-bond acceptors (Lipinski definition) is 3. The smallest absolute Gasteiger partial charge is 0.263 e. The molecule has 2 aromatic rings. The van der Waals surface area contributed by atoms with Crippen molar-refractivity contribution in [2.75, 3.05) is 12.4 Å². The van der Waals surface area contributed by atoms with Gasteiger partial charge in [0, 0.05) is 18.2 Å². The predicted octanol–water partition coefficient (Wildman–Crippen LogP) is 3.57. The molecule has 19 heavy (non-hydrogen) atoms. The van der Waals surface area contributed by atoms with Crippen LogP contribution in [-0.2, 0) is 0 Å². The van der Waals surface area contributed by atoms with Crippen LogP contribution >= 0.6 is 0 Å². The Morgan fingerprint density at radius 2 is 1.95 bits per heavy atom. The van der Waals surface area contributed by atoms with Crippen LogP contribution in [-0.4, -0.2) is 17.0 Å². The third-order valence-electron chi connectivity index (χ3n) is 2.65. The van der Waals surface area contributed by atoms with Crippen LogP contribution in [0.1, 0.15) is 17.7 Å². The van der Waals surface area contributed by atoms with Gasteiger partial charge in [0.25, 0.3) is 6.43 Å². The summed E-state index contributed by atoms with van der Waals surface area (Å²) in [4.78, 5) is 7.96. The number of alkyl halides is 2. The maximum Gasteiger partial charge on any atom is 0.263 e. The lowest BCUT2D eigenvalue weighted by Crippen LogP contribution is -2.03. The van der Waals surface area contributed by atoms with E-state index in [1.165, 1.54) is 32.2 Å². The monoisotopic (exact) mass is 267 g/mol. The number of halogens is 3. The van der Waals surface area contributed by atoms with E-state index in [9.17, 15) is 13.2 Å². The van der Waals surface area contributed by atoms with Crippen molar-refractivity contribution in [3.05, 3.63) is 41.3 Å². The first-order valence-electron chi connectivity index (χ1n) is 5.63. The normalized spacial score (nSPS) is 10.8. The fraction of sp³-hybridized carbons (Fsp3) is 0.231. The molecule has 0 saturated carbocycles. The first kappa shape index (κ1) is 13.3. The topological polar surface area (TPSA) is 37.8 Å². The van der Waals surface area contributed by atoms with Gasteiger partial charge in [0.1, 0.15) is 0 Å². The molecule has 0 aliphatic rings. The molecule has 1 aromatic carbocycles. The number of nitrogens with one attached hydrogen (secondary N) is 1. The first-order valence-corrected chi connectivity index (χ1v) is 5.63. The predicted molar refractivity (Wildman–Crippen MR) is 66.7 cm³/mol. The Labute approximate surface area is 108 Å². The van der Waals surface area contributed by atoms with E-state index in [0.29, 0.717) is 5.56 Å². The zero-order valence-corrected chi connectivity index (χ0v) is 10.4. The van der Waals surface area contributed by atoms with Gasteiger partial charge in [0.2, 0.25) is 0 Å². The Morgan fingerprint density at radius 3 is 2.58 bits per heavy atom. The average molecular weight is 267 g/mol. The van der Waals surface area contributed by atoms with Crippen molar-refractivity contribution in [1.82, 2.24) is 9.97 Å². The number of hydrogen-bond donors (Lipinski definition) is 1. The molecular formula is C13H12F3N3. The summed E-state index contributed by atoms with van der Waals surface area (Å²) in [7, 11) is 1.53. The van der Waals surface area contributed by atoms with E-state index >= 15 is 0 Å². The minimum absolute atomic E-state index is 0.0462. The average Bonchev–Trinajstić information content (AvgIpc) is 2.41. The van der Waals surface area contributed by atoms with Gasteiger partial charge in [-0.15, -0.1) is 0 Å². The zero-order valence-electron chi connectivity index (χ0n) is 10.4. The summed E-state index contributed by atoms with van der Waals surface area (Å²) in [6.07, 6.45) is -2.56. The van der Waals surface area contributed by atoms with Gasteiger partial charge in [-0.25, -0.2) is 23.1 Å². The second kappa shape index (κ2) is 5.26. The van der Waals surface area contributed by atoms with Gasteiger partial charge in [0.05, 0.1) is 5.69 Å². The highest BCUT2D eigenvalue weighted by atomic mass is 19.3. The second-order valence-corrected chi connectivity index (χ2v) is 3.97. The molecular weight excluding hydrogens is 255 g/mol. The number of aromatic nitrogens is 2. The summed E-state index contributed by atoms with van der Waals surface area (Å²) in [5.74, 6) is -0.285. The van der Waals surface area contributed by atoms with Gasteiger partial charge < -0.3 is 5.32 Å². The van der Waals surface area contributed by atoms with E-state index in [4.69, 9.17) is 0 Å². The molecule has 0 bridgehead atoms. The molecule has 0 unspecified atom stereocenters. The summed E-state index contributed by atoms with van der Waals surface area (Å²) in [5.41, 5.74) is 0.475. The minimum Gasteiger partial charge on any atom is -0.371 e. The molecule has 0 amide bonds. The first-order chi connectivity index (χ1) is 9.02. The van der Waals surface area contributed by atoms with Gasteiger partial charge in [0.15, 0.2) is 17.5 Å². The van der Waals surface area contributed by atoms with E-state index in [1.807, 2.05) is 0 Å². The Hall–Kier alpha value is -2.11. The third kappa shape index (κ3) is 2.67. The van der Waals surface area contributed by atoms with Gasteiger partial charge in [-0.05, 0) is 13.0 Å². The molecule has 3 nitrogen and oxygen atoms in total. The van der Waals surface area contributed by atoms with Gasteiger partial charge in [-0.3, -0.25) is 0 Å².